The van der Waals surface area contributed by atoms with Crippen LogP contribution in [-0.2, 0) is 29.1 Å². The number of rotatable bonds is 6. The Morgan fingerprint density at radius 1 is 1.38 bits per heavy atom. The Balaban J connectivity index is 1.70. The fourth-order valence-electron chi connectivity index (χ4n) is 3.02. The molecule has 8 nitrogen and oxygen atoms in total. The molecule has 24 heavy (non-hydrogen) atoms. The van der Waals surface area contributed by atoms with Crippen molar-refractivity contribution in [2.45, 2.75) is 45.3 Å². The van der Waals surface area contributed by atoms with Crippen molar-refractivity contribution in [1.82, 2.24) is 24.5 Å². The van der Waals surface area contributed by atoms with Crippen molar-refractivity contribution in [3.63, 3.8) is 0 Å². The topological polar surface area (TPSA) is 93.3 Å². The van der Waals surface area contributed by atoms with Gasteiger partial charge >= 0.3 is 5.97 Å². The van der Waals surface area contributed by atoms with Crippen molar-refractivity contribution in [2.75, 3.05) is 6.54 Å². The van der Waals surface area contributed by atoms with E-state index in [4.69, 9.17) is 5.11 Å². The van der Waals surface area contributed by atoms with Crippen LogP contribution in [0.1, 0.15) is 37.2 Å². The maximum atomic E-state index is 12.8. The third-order valence-corrected chi connectivity index (χ3v) is 4.27. The van der Waals surface area contributed by atoms with E-state index in [0.717, 1.165) is 11.4 Å². The first-order valence-electron chi connectivity index (χ1n) is 8.13. The van der Waals surface area contributed by atoms with Gasteiger partial charge in [-0.25, -0.2) is 0 Å². The number of aryl methyl sites for hydroxylation is 1. The Hall–Kier alpha value is -2.64. The third-order valence-electron chi connectivity index (χ3n) is 4.27. The molecule has 3 heterocycles. The largest absolute Gasteiger partial charge is 0.481 e. The molecule has 0 bridgehead atoms. The van der Waals surface area contributed by atoms with E-state index in [1.54, 1.807) is 10.9 Å². The van der Waals surface area contributed by atoms with Crippen molar-refractivity contribution in [2.24, 2.45) is 0 Å². The van der Waals surface area contributed by atoms with Gasteiger partial charge in [-0.1, -0.05) is 6.92 Å². The number of hydrogen-bond acceptors (Lipinski definition) is 4. The number of nitrogens with zero attached hydrogens (tertiary/aromatic N) is 5. The molecule has 1 N–H and O–H groups in total. The number of carboxylic acid groups (broad SMARTS) is 1. The standard InChI is InChI=1S/C16H21N5O3/c1-2-14(21-7-3-6-17-21)16(24)19-8-9-20-13(11-19)10-12(18-20)4-5-15(22)23/h3,6-7,10,14H,2,4-5,8-9,11H2,1H3,(H,22,23)/t14-/m1/s1. The van der Waals surface area contributed by atoms with E-state index in [9.17, 15) is 9.59 Å². The predicted octanol–water partition coefficient (Wildman–Crippen LogP) is 1.09. The molecule has 1 aliphatic rings. The molecular weight excluding hydrogens is 310 g/mol. The van der Waals surface area contributed by atoms with Gasteiger partial charge in [0.05, 0.1) is 30.9 Å². The molecule has 1 atom stereocenters. The number of carbonyl (C=O) groups is 2. The van der Waals surface area contributed by atoms with Crippen molar-refractivity contribution in [3.05, 3.63) is 35.9 Å². The Morgan fingerprint density at radius 3 is 2.88 bits per heavy atom. The molecule has 0 saturated heterocycles. The highest BCUT2D eigenvalue weighted by atomic mass is 16.4. The molecular formula is C16H21N5O3. The van der Waals surface area contributed by atoms with E-state index in [-0.39, 0.29) is 18.4 Å². The van der Waals surface area contributed by atoms with Crippen LogP contribution < -0.4 is 0 Å². The summed E-state index contributed by atoms with van der Waals surface area (Å²) in [6.45, 7) is 3.70. The van der Waals surface area contributed by atoms with Crippen LogP contribution in [-0.4, -0.2) is 48.0 Å². The first kappa shape index (κ1) is 16.2. The van der Waals surface area contributed by atoms with Crippen LogP contribution in [0.2, 0.25) is 0 Å². The van der Waals surface area contributed by atoms with Crippen LogP contribution in [0.25, 0.3) is 0 Å². The van der Waals surface area contributed by atoms with Gasteiger partial charge in [-0.05, 0) is 18.6 Å². The lowest BCUT2D eigenvalue weighted by atomic mass is 10.1. The number of amides is 1. The van der Waals surface area contributed by atoms with Gasteiger partial charge in [0.15, 0.2) is 0 Å². The van der Waals surface area contributed by atoms with E-state index >= 15 is 0 Å². The zero-order valence-corrected chi connectivity index (χ0v) is 13.6. The summed E-state index contributed by atoms with van der Waals surface area (Å²) in [5, 5.41) is 17.4. The molecule has 0 aromatic carbocycles. The minimum Gasteiger partial charge on any atom is -0.481 e. The number of fused-ring (bicyclic) bond motifs is 1. The average Bonchev–Trinajstić information content (AvgIpc) is 3.22. The third kappa shape index (κ3) is 3.32. The van der Waals surface area contributed by atoms with Crippen LogP contribution >= 0.6 is 0 Å². The summed E-state index contributed by atoms with van der Waals surface area (Å²) in [5.41, 5.74) is 1.71. The van der Waals surface area contributed by atoms with Crippen molar-refractivity contribution in [3.8, 4) is 0 Å². The summed E-state index contributed by atoms with van der Waals surface area (Å²) in [6, 6.07) is 3.42. The summed E-state index contributed by atoms with van der Waals surface area (Å²) >= 11 is 0. The molecule has 0 fully saturated rings. The molecule has 0 radical (unpaired) electrons. The van der Waals surface area contributed by atoms with Gasteiger partial charge in [-0.2, -0.15) is 10.2 Å². The number of aromatic nitrogens is 4. The lowest BCUT2D eigenvalue weighted by Crippen LogP contribution is -2.42. The summed E-state index contributed by atoms with van der Waals surface area (Å²) < 4.78 is 3.57. The lowest BCUT2D eigenvalue weighted by Gasteiger charge is -2.30. The Labute approximate surface area is 139 Å². The average molecular weight is 331 g/mol. The smallest absolute Gasteiger partial charge is 0.303 e. The second-order valence-corrected chi connectivity index (χ2v) is 5.91. The van der Waals surface area contributed by atoms with Crippen molar-refractivity contribution >= 4 is 11.9 Å². The van der Waals surface area contributed by atoms with Gasteiger partial charge in [-0.3, -0.25) is 19.0 Å². The first-order valence-corrected chi connectivity index (χ1v) is 8.13. The Bertz CT molecular complexity index is 722. The molecule has 1 amide bonds. The highest BCUT2D eigenvalue weighted by Crippen LogP contribution is 2.20. The molecule has 3 rings (SSSR count). The molecule has 0 spiro atoms. The summed E-state index contributed by atoms with van der Waals surface area (Å²) in [6.07, 6.45) is 4.64. The lowest BCUT2D eigenvalue weighted by molar-refractivity contribution is -0.137. The molecule has 2 aromatic rings. The second kappa shape index (κ2) is 6.86. The van der Waals surface area contributed by atoms with Crippen molar-refractivity contribution < 1.29 is 14.7 Å². The molecule has 128 valence electrons. The van der Waals surface area contributed by atoms with Crippen LogP contribution in [0.4, 0.5) is 0 Å². The van der Waals surface area contributed by atoms with Crippen LogP contribution in [0.3, 0.4) is 0 Å². The monoisotopic (exact) mass is 331 g/mol. The zero-order valence-electron chi connectivity index (χ0n) is 13.6. The summed E-state index contributed by atoms with van der Waals surface area (Å²) in [4.78, 5) is 25.3. The fraction of sp³-hybridized carbons (Fsp3) is 0.500. The van der Waals surface area contributed by atoms with Gasteiger partial charge in [0, 0.05) is 25.4 Å². The van der Waals surface area contributed by atoms with E-state index in [1.807, 2.05) is 34.8 Å². The summed E-state index contributed by atoms with van der Waals surface area (Å²) in [5.74, 6) is -0.775. The predicted molar refractivity (Wildman–Crippen MR) is 85.2 cm³/mol. The Kier molecular flexibility index (Phi) is 4.64. The van der Waals surface area contributed by atoms with E-state index in [1.165, 1.54) is 0 Å². The molecule has 0 unspecified atom stereocenters. The maximum absolute atomic E-state index is 12.8. The van der Waals surface area contributed by atoms with Gasteiger partial charge < -0.3 is 10.0 Å². The molecule has 0 saturated carbocycles. The second-order valence-electron chi connectivity index (χ2n) is 5.91. The minimum absolute atomic E-state index is 0.0562. The number of carbonyl (C=O) groups excluding carboxylic acids is 1. The quantitative estimate of drug-likeness (QED) is 0.855. The number of aliphatic carboxylic acids is 1. The SMILES string of the molecule is CC[C@H](C(=O)N1CCn2nc(CCC(=O)O)cc2C1)n1cccn1. The van der Waals surface area contributed by atoms with Gasteiger partial charge in [-0.15, -0.1) is 0 Å². The molecule has 2 aromatic heterocycles. The summed E-state index contributed by atoms with van der Waals surface area (Å²) in [7, 11) is 0. The van der Waals surface area contributed by atoms with Gasteiger partial charge in [0.1, 0.15) is 6.04 Å². The highest BCUT2D eigenvalue weighted by molar-refractivity contribution is 5.80. The first-order chi connectivity index (χ1) is 11.6. The van der Waals surface area contributed by atoms with Gasteiger partial charge in [0.25, 0.3) is 0 Å². The van der Waals surface area contributed by atoms with Crippen LogP contribution in [0.15, 0.2) is 24.5 Å². The number of carboxylic acids is 1. The molecule has 0 aliphatic carbocycles. The van der Waals surface area contributed by atoms with E-state index in [0.29, 0.717) is 32.5 Å². The molecule has 1 aliphatic heterocycles. The number of hydrogen-bond donors (Lipinski definition) is 1. The maximum Gasteiger partial charge on any atom is 0.303 e. The van der Waals surface area contributed by atoms with E-state index in [2.05, 4.69) is 10.2 Å². The van der Waals surface area contributed by atoms with Crippen molar-refractivity contribution in [1.29, 1.82) is 0 Å². The van der Waals surface area contributed by atoms with Crippen LogP contribution in [0, 0.1) is 0 Å². The Morgan fingerprint density at radius 2 is 2.21 bits per heavy atom. The normalized spacial score (nSPS) is 15.1. The fourth-order valence-corrected chi connectivity index (χ4v) is 3.02. The van der Waals surface area contributed by atoms with Crippen LogP contribution in [0.5, 0.6) is 0 Å². The van der Waals surface area contributed by atoms with E-state index < -0.39 is 5.97 Å². The minimum atomic E-state index is -0.831. The zero-order chi connectivity index (χ0) is 17.1. The molecule has 8 heteroatoms. The van der Waals surface area contributed by atoms with Gasteiger partial charge in [0.2, 0.25) is 5.91 Å². The highest BCUT2D eigenvalue weighted by Gasteiger charge is 2.28.